The van der Waals surface area contributed by atoms with Crippen molar-refractivity contribution in [1.29, 1.82) is 0 Å². The molecule has 4 amide bonds. The summed E-state index contributed by atoms with van der Waals surface area (Å²) in [7, 11) is -4.52. The van der Waals surface area contributed by atoms with Crippen LogP contribution >= 0.6 is 7.82 Å². The van der Waals surface area contributed by atoms with Crippen LogP contribution in [-0.2, 0) is 41.2 Å². The van der Waals surface area contributed by atoms with Gasteiger partial charge in [-0.2, -0.15) is 0 Å². The van der Waals surface area contributed by atoms with Gasteiger partial charge in [0.15, 0.2) is 0 Å². The van der Waals surface area contributed by atoms with E-state index < -0.39 is 56.0 Å². The molecule has 0 radical (unpaired) electrons. The summed E-state index contributed by atoms with van der Waals surface area (Å²) in [6.07, 6.45) is -2.60. The maximum Gasteiger partial charge on any atom is 0.527 e. The van der Waals surface area contributed by atoms with E-state index in [2.05, 4.69) is 16.0 Å². The molecule has 4 N–H and O–H groups in total. The van der Waals surface area contributed by atoms with Gasteiger partial charge in [0.25, 0.3) is 5.91 Å². The van der Waals surface area contributed by atoms with Crippen molar-refractivity contribution in [1.82, 2.24) is 10.6 Å². The summed E-state index contributed by atoms with van der Waals surface area (Å²) in [4.78, 5) is 72.7. The lowest BCUT2D eigenvalue weighted by Crippen LogP contribution is -2.55. The number of benzodiazepines with no additional fused rings is 1. The van der Waals surface area contributed by atoms with Crippen LogP contribution in [0.5, 0.6) is 17.2 Å². The maximum atomic E-state index is 14.8. The van der Waals surface area contributed by atoms with E-state index in [0.717, 1.165) is 0 Å². The summed E-state index contributed by atoms with van der Waals surface area (Å²) >= 11 is 0. The first-order valence-corrected chi connectivity index (χ1v) is 22.4. The molecule has 0 saturated carbocycles. The Morgan fingerprint density at radius 1 is 0.758 bits per heavy atom. The summed E-state index contributed by atoms with van der Waals surface area (Å²) in [6.45, 7) is 4.40. The lowest BCUT2D eigenvalue weighted by Gasteiger charge is -2.27. The summed E-state index contributed by atoms with van der Waals surface area (Å²) in [5.41, 5.74) is 2.61. The second-order valence-corrected chi connectivity index (χ2v) is 17.4. The van der Waals surface area contributed by atoms with Crippen molar-refractivity contribution >= 4 is 48.7 Å². The Kier molecular flexibility index (Phi) is 14.7. The molecule has 338 valence electrons. The number of amides is 4. The first-order chi connectivity index (χ1) is 31.7. The molecule has 7 rings (SSSR count). The number of anilines is 2. The monoisotopic (exact) mass is 909 g/mol. The lowest BCUT2D eigenvalue weighted by molar-refractivity contribution is -0.129. The van der Waals surface area contributed by atoms with Crippen molar-refractivity contribution in [3.63, 3.8) is 0 Å². The van der Waals surface area contributed by atoms with Gasteiger partial charge in [0.05, 0.1) is 18.0 Å². The number of aliphatic imine (C=N–C) groups is 1. The van der Waals surface area contributed by atoms with Crippen molar-refractivity contribution in [2.45, 2.75) is 51.6 Å². The smallest absolute Gasteiger partial charge is 0.457 e. The second-order valence-electron chi connectivity index (χ2n) is 16.1. The van der Waals surface area contributed by atoms with Gasteiger partial charge < -0.3 is 29.9 Å². The van der Waals surface area contributed by atoms with E-state index in [9.17, 15) is 28.6 Å². The molecule has 3 unspecified atom stereocenters. The first kappa shape index (κ1) is 46.4. The largest absolute Gasteiger partial charge is 0.527 e. The maximum absolute atomic E-state index is 14.8. The molecule has 0 aliphatic carbocycles. The van der Waals surface area contributed by atoms with Gasteiger partial charge in [-0.1, -0.05) is 115 Å². The average Bonchev–Trinajstić information content (AvgIpc) is 3.40. The number of fused-ring (bicyclic) bond motifs is 1. The third kappa shape index (κ3) is 13.0. The highest BCUT2D eigenvalue weighted by Gasteiger charge is 2.36. The summed E-state index contributed by atoms with van der Waals surface area (Å²) in [5.74, 6) is -0.947. The molecule has 6 aromatic carbocycles. The van der Waals surface area contributed by atoms with E-state index in [1.807, 2.05) is 54.6 Å². The normalized spacial score (nSPS) is 14.8. The van der Waals surface area contributed by atoms with Crippen molar-refractivity contribution in [3.8, 4) is 17.2 Å². The van der Waals surface area contributed by atoms with Crippen molar-refractivity contribution in [2.75, 3.05) is 16.8 Å². The molecule has 0 aromatic heterocycles. The van der Waals surface area contributed by atoms with Gasteiger partial charge in [-0.3, -0.25) is 28.7 Å². The van der Waals surface area contributed by atoms with E-state index in [1.165, 1.54) is 17.0 Å². The molecule has 0 spiro atoms. The van der Waals surface area contributed by atoms with E-state index in [-0.39, 0.29) is 18.8 Å². The minimum Gasteiger partial charge on any atom is -0.457 e. The van der Waals surface area contributed by atoms with Gasteiger partial charge in [-0.05, 0) is 74.4 Å². The van der Waals surface area contributed by atoms with Crippen LogP contribution in [0, 0.1) is 0 Å². The molecular formula is C50H48N5O10P. The number of nitrogens with one attached hydrogen (secondary N) is 3. The molecule has 66 heavy (non-hydrogen) atoms. The molecule has 3 atom stereocenters. The number of ether oxygens (including phenoxy) is 2. The molecule has 16 heteroatoms. The Labute approximate surface area is 382 Å². The van der Waals surface area contributed by atoms with Crippen molar-refractivity contribution in [3.05, 3.63) is 186 Å². The number of alkyl carbamates (subject to hydrolysis) is 1. The van der Waals surface area contributed by atoms with E-state index in [4.69, 9.17) is 23.5 Å². The molecular weight excluding hydrogens is 862 g/mol. The number of hydrogen-bond donors (Lipinski definition) is 4. The number of benzene rings is 6. The van der Waals surface area contributed by atoms with Gasteiger partial charge in [0.2, 0.25) is 18.0 Å². The number of para-hydroxylation sites is 2. The third-order valence-electron chi connectivity index (χ3n) is 9.76. The molecule has 15 nitrogen and oxygen atoms in total. The molecule has 6 aromatic rings. The van der Waals surface area contributed by atoms with E-state index >= 15 is 0 Å². The second kappa shape index (κ2) is 20.9. The molecule has 0 bridgehead atoms. The number of phosphoric acid groups is 1. The zero-order chi connectivity index (χ0) is 46.7. The first-order valence-electron chi connectivity index (χ1n) is 20.9. The van der Waals surface area contributed by atoms with E-state index in [1.54, 1.807) is 118 Å². The predicted octanol–water partition coefficient (Wildman–Crippen LogP) is 8.58. The van der Waals surface area contributed by atoms with E-state index in [0.29, 0.717) is 50.8 Å². The number of hydrogen-bond acceptors (Lipinski definition) is 10. The van der Waals surface area contributed by atoms with Gasteiger partial charge in [-0.15, -0.1) is 0 Å². The molecule has 0 fully saturated rings. The molecule has 1 heterocycles. The molecule has 1 aliphatic rings. The van der Waals surface area contributed by atoms with Gasteiger partial charge in [-0.25, -0.2) is 14.4 Å². The SMILES string of the molecule is CC(C)(C)OC(=O)NC(Cc1ccc(OP(=O)(O)OCc2ccccc2)cc1)C(=O)NC1N=C(c2ccccc2)c2ccccc2N(CC(=O)Nc2cccc(Oc3ccccc3)c2)C1=O. The topological polar surface area (TPSA) is 194 Å². The Balaban J connectivity index is 1.13. The summed E-state index contributed by atoms with van der Waals surface area (Å²) < 4.78 is 34.6. The fourth-order valence-electron chi connectivity index (χ4n) is 6.83. The predicted molar refractivity (Wildman–Crippen MR) is 249 cm³/mol. The van der Waals surface area contributed by atoms with Crippen LogP contribution in [0.15, 0.2) is 169 Å². The number of nitrogens with zero attached hydrogens (tertiary/aromatic N) is 2. The van der Waals surface area contributed by atoms with Crippen LogP contribution in [-0.4, -0.2) is 58.8 Å². The quantitative estimate of drug-likeness (QED) is 0.0684. The molecule has 0 saturated heterocycles. The van der Waals surface area contributed by atoms with Crippen LogP contribution < -0.4 is 30.1 Å². The number of rotatable bonds is 16. The minimum absolute atomic E-state index is 0.0162. The third-order valence-corrected chi connectivity index (χ3v) is 10.7. The van der Waals surface area contributed by atoms with Crippen LogP contribution in [0.3, 0.4) is 0 Å². The van der Waals surface area contributed by atoms with Crippen LogP contribution in [0.2, 0.25) is 0 Å². The highest BCUT2D eigenvalue weighted by atomic mass is 31.2. The Hall–Kier alpha value is -7.58. The highest BCUT2D eigenvalue weighted by molar-refractivity contribution is 7.47. The standard InChI is InChI=1S/C50H48N5O10P/c1-50(2,3)64-49(59)52-42(30-34-26-28-39(29-27-34)65-66(60,61)62-33-35-16-7-4-8-17-35)47(57)54-46-48(58)55(43-25-14-13-24-41(43)45(53-46)36-18-9-5-10-19-36)32-44(56)51-37-20-15-23-40(31-37)63-38-21-11-6-12-22-38/h4-29,31,42,46H,30,32-33H2,1-3H3,(H,51,56)(H,52,59)(H,54,57)(H,60,61). The fraction of sp³-hybridized carbons (Fsp3) is 0.180. The Morgan fingerprint density at radius 3 is 2.09 bits per heavy atom. The molecule has 1 aliphatic heterocycles. The van der Waals surface area contributed by atoms with Crippen molar-refractivity contribution in [2.24, 2.45) is 4.99 Å². The van der Waals surface area contributed by atoms with Gasteiger partial charge >= 0.3 is 13.9 Å². The van der Waals surface area contributed by atoms with Crippen molar-refractivity contribution < 1.29 is 47.2 Å². The Bertz CT molecular complexity index is 2730. The Morgan fingerprint density at radius 2 is 1.39 bits per heavy atom. The van der Waals surface area contributed by atoms with Crippen LogP contribution in [0.25, 0.3) is 0 Å². The highest BCUT2D eigenvalue weighted by Crippen LogP contribution is 2.44. The van der Waals surface area contributed by atoms with Gasteiger partial charge in [0, 0.05) is 29.3 Å². The lowest BCUT2D eigenvalue weighted by atomic mass is 10.0. The average molecular weight is 910 g/mol. The number of phosphoric ester groups is 1. The zero-order valence-electron chi connectivity index (χ0n) is 36.3. The van der Waals surface area contributed by atoms with Crippen LogP contribution in [0.4, 0.5) is 16.2 Å². The summed E-state index contributed by atoms with van der Waals surface area (Å²) in [5, 5.41) is 8.22. The minimum atomic E-state index is -4.52. The summed E-state index contributed by atoms with van der Waals surface area (Å²) in [6, 6.07) is 45.5. The zero-order valence-corrected chi connectivity index (χ0v) is 37.2. The van der Waals surface area contributed by atoms with Crippen LogP contribution in [0.1, 0.15) is 43.0 Å². The number of carbonyl (C=O) groups excluding carboxylic acids is 4. The number of carbonyl (C=O) groups is 4. The van der Waals surface area contributed by atoms with Gasteiger partial charge in [0.1, 0.15) is 35.4 Å². The fourth-order valence-corrected chi connectivity index (χ4v) is 7.58.